The van der Waals surface area contributed by atoms with Crippen LogP contribution in [0.1, 0.15) is 23.7 Å². The molecule has 0 aliphatic carbocycles. The van der Waals surface area contributed by atoms with Gasteiger partial charge in [-0.3, -0.25) is 4.79 Å². The summed E-state index contributed by atoms with van der Waals surface area (Å²) in [6.45, 7) is 3.31. The van der Waals surface area contributed by atoms with Gasteiger partial charge in [-0.05, 0) is 6.92 Å². The molecule has 5 heteroatoms. The minimum absolute atomic E-state index is 0.437. The Bertz CT molecular complexity index is 355. The summed E-state index contributed by atoms with van der Waals surface area (Å²) >= 11 is 0. The fourth-order valence-electron chi connectivity index (χ4n) is 1.14. The number of carbonyl (C=O) groups is 1. The van der Waals surface area contributed by atoms with E-state index in [1.54, 1.807) is 0 Å². The van der Waals surface area contributed by atoms with E-state index in [9.17, 15) is 4.79 Å². The Morgan fingerprint density at radius 2 is 2.20 bits per heavy atom. The summed E-state index contributed by atoms with van der Waals surface area (Å²) in [6, 6.07) is 2.07. The molecule has 1 aromatic rings. The lowest BCUT2D eigenvalue weighted by atomic mass is 10.4. The summed E-state index contributed by atoms with van der Waals surface area (Å²) in [7, 11) is 0. The molecule has 0 unspecified atom stereocenters. The fourth-order valence-corrected chi connectivity index (χ4v) is 1.14. The van der Waals surface area contributed by atoms with Gasteiger partial charge in [0.05, 0.1) is 18.1 Å². The number of hydrogen-bond donors (Lipinski definition) is 0. The van der Waals surface area contributed by atoms with Gasteiger partial charge in [0.25, 0.3) is 0 Å². The van der Waals surface area contributed by atoms with Crippen molar-refractivity contribution in [3.63, 3.8) is 0 Å². The van der Waals surface area contributed by atoms with Gasteiger partial charge in [-0.25, -0.2) is 9.97 Å². The topological polar surface area (TPSA) is 69.9 Å². The van der Waals surface area contributed by atoms with Crippen molar-refractivity contribution in [2.45, 2.75) is 13.3 Å². The standard InChI is InChI=1S/C10H12N4O/c1-2-14(5-3-4-11)10-12-6-9(8-15)7-13-10/h6-8H,2-3,5H2,1H3. The second-order valence-corrected chi connectivity index (χ2v) is 2.92. The molecular formula is C10H12N4O. The number of nitrogens with zero attached hydrogens (tertiary/aromatic N) is 4. The molecule has 78 valence electrons. The van der Waals surface area contributed by atoms with Crippen molar-refractivity contribution in [3.8, 4) is 6.07 Å². The Labute approximate surface area is 88.4 Å². The zero-order valence-electron chi connectivity index (χ0n) is 8.55. The van der Waals surface area contributed by atoms with Crippen molar-refractivity contribution >= 4 is 12.2 Å². The van der Waals surface area contributed by atoms with E-state index in [-0.39, 0.29) is 0 Å². The van der Waals surface area contributed by atoms with Crippen molar-refractivity contribution < 1.29 is 4.79 Å². The quantitative estimate of drug-likeness (QED) is 0.670. The van der Waals surface area contributed by atoms with Gasteiger partial charge in [0, 0.05) is 25.5 Å². The number of carbonyl (C=O) groups excluding carboxylic acids is 1. The molecule has 1 heterocycles. The van der Waals surface area contributed by atoms with Gasteiger partial charge in [0.1, 0.15) is 0 Å². The highest BCUT2D eigenvalue weighted by atomic mass is 16.1. The van der Waals surface area contributed by atoms with Gasteiger partial charge in [0.15, 0.2) is 6.29 Å². The molecule has 0 saturated heterocycles. The largest absolute Gasteiger partial charge is 0.340 e. The van der Waals surface area contributed by atoms with Gasteiger partial charge >= 0.3 is 0 Å². The number of hydrogen-bond acceptors (Lipinski definition) is 5. The summed E-state index contributed by atoms with van der Waals surface area (Å²) in [5.74, 6) is 0.554. The summed E-state index contributed by atoms with van der Waals surface area (Å²) in [5.41, 5.74) is 0.454. The van der Waals surface area contributed by atoms with Crippen molar-refractivity contribution in [1.82, 2.24) is 9.97 Å². The molecule has 0 radical (unpaired) electrons. The molecule has 0 atom stereocenters. The zero-order chi connectivity index (χ0) is 11.1. The van der Waals surface area contributed by atoms with Crippen LogP contribution in [0.4, 0.5) is 5.95 Å². The second kappa shape index (κ2) is 5.70. The highest BCUT2D eigenvalue weighted by molar-refractivity contribution is 5.73. The maximum absolute atomic E-state index is 10.4. The van der Waals surface area contributed by atoms with Crippen LogP contribution < -0.4 is 4.90 Å². The van der Waals surface area contributed by atoms with Crippen LogP contribution in [0, 0.1) is 11.3 Å². The predicted octanol–water partition coefficient (Wildman–Crippen LogP) is 1.03. The number of anilines is 1. The highest BCUT2D eigenvalue weighted by Crippen LogP contribution is 2.06. The first kappa shape index (κ1) is 11.1. The van der Waals surface area contributed by atoms with Crippen LogP contribution >= 0.6 is 0 Å². The number of aromatic nitrogens is 2. The van der Waals surface area contributed by atoms with E-state index in [0.717, 1.165) is 6.54 Å². The van der Waals surface area contributed by atoms with E-state index >= 15 is 0 Å². The molecule has 0 aromatic carbocycles. The van der Waals surface area contributed by atoms with E-state index in [1.165, 1.54) is 12.4 Å². The first-order valence-corrected chi connectivity index (χ1v) is 4.71. The number of aldehydes is 1. The van der Waals surface area contributed by atoms with Crippen LogP contribution in [0.5, 0.6) is 0 Å². The van der Waals surface area contributed by atoms with Crippen LogP contribution in [-0.2, 0) is 0 Å². The van der Waals surface area contributed by atoms with E-state index < -0.39 is 0 Å². The fraction of sp³-hybridized carbons (Fsp3) is 0.400. The van der Waals surface area contributed by atoms with Crippen molar-refractivity contribution in [2.24, 2.45) is 0 Å². The Morgan fingerprint density at radius 1 is 1.53 bits per heavy atom. The lowest BCUT2D eigenvalue weighted by molar-refractivity contribution is 0.112. The SMILES string of the molecule is CCN(CCC#N)c1ncc(C=O)cn1. The molecule has 0 aliphatic heterocycles. The molecule has 15 heavy (non-hydrogen) atoms. The minimum Gasteiger partial charge on any atom is -0.340 e. The van der Waals surface area contributed by atoms with E-state index in [2.05, 4.69) is 16.0 Å². The molecule has 0 bridgehead atoms. The third kappa shape index (κ3) is 3.02. The zero-order valence-corrected chi connectivity index (χ0v) is 8.55. The number of rotatable bonds is 5. The normalized spacial score (nSPS) is 9.33. The first-order valence-electron chi connectivity index (χ1n) is 4.71. The Balaban J connectivity index is 2.74. The van der Waals surface area contributed by atoms with Crippen LogP contribution in [0.2, 0.25) is 0 Å². The third-order valence-electron chi connectivity index (χ3n) is 1.95. The molecule has 0 saturated carbocycles. The summed E-state index contributed by atoms with van der Waals surface area (Å²) in [4.78, 5) is 20.4. The predicted molar refractivity (Wildman–Crippen MR) is 55.5 cm³/mol. The summed E-state index contributed by atoms with van der Waals surface area (Å²) < 4.78 is 0. The number of nitriles is 1. The first-order chi connectivity index (χ1) is 7.31. The van der Waals surface area contributed by atoms with Gasteiger partial charge < -0.3 is 4.90 Å². The van der Waals surface area contributed by atoms with Crippen LogP contribution in [0.3, 0.4) is 0 Å². The summed E-state index contributed by atoms with van der Waals surface area (Å²) in [5, 5.41) is 8.48. The Kier molecular flexibility index (Phi) is 4.23. The van der Waals surface area contributed by atoms with E-state index in [0.29, 0.717) is 30.8 Å². The lowest BCUT2D eigenvalue weighted by Crippen LogP contribution is -2.25. The monoisotopic (exact) mass is 204 g/mol. The molecule has 0 fully saturated rings. The summed E-state index contributed by atoms with van der Waals surface area (Å²) in [6.07, 6.45) is 4.09. The van der Waals surface area contributed by atoms with Crippen LogP contribution in [0.25, 0.3) is 0 Å². The van der Waals surface area contributed by atoms with Gasteiger partial charge in [0.2, 0.25) is 5.95 Å². The van der Waals surface area contributed by atoms with Gasteiger partial charge in [-0.15, -0.1) is 0 Å². The van der Waals surface area contributed by atoms with Gasteiger partial charge in [-0.2, -0.15) is 5.26 Å². The average Bonchev–Trinajstić information content (AvgIpc) is 2.31. The Morgan fingerprint density at radius 3 is 2.67 bits per heavy atom. The lowest BCUT2D eigenvalue weighted by Gasteiger charge is -2.18. The molecule has 1 rings (SSSR count). The highest BCUT2D eigenvalue weighted by Gasteiger charge is 2.06. The maximum atomic E-state index is 10.4. The molecule has 0 spiro atoms. The molecule has 0 aliphatic rings. The smallest absolute Gasteiger partial charge is 0.225 e. The molecule has 5 nitrogen and oxygen atoms in total. The molecule has 0 amide bonds. The Hall–Kier alpha value is -1.96. The van der Waals surface area contributed by atoms with E-state index in [1.807, 2.05) is 11.8 Å². The average molecular weight is 204 g/mol. The van der Waals surface area contributed by atoms with Crippen molar-refractivity contribution in [2.75, 3.05) is 18.0 Å². The molecule has 1 aromatic heterocycles. The molecular weight excluding hydrogens is 192 g/mol. The molecule has 0 N–H and O–H groups in total. The van der Waals surface area contributed by atoms with Crippen LogP contribution in [0.15, 0.2) is 12.4 Å². The second-order valence-electron chi connectivity index (χ2n) is 2.92. The van der Waals surface area contributed by atoms with E-state index in [4.69, 9.17) is 5.26 Å². The van der Waals surface area contributed by atoms with Gasteiger partial charge in [-0.1, -0.05) is 0 Å². The maximum Gasteiger partial charge on any atom is 0.225 e. The minimum atomic E-state index is 0.437. The van der Waals surface area contributed by atoms with Crippen molar-refractivity contribution in [1.29, 1.82) is 5.26 Å². The van der Waals surface area contributed by atoms with Crippen molar-refractivity contribution in [3.05, 3.63) is 18.0 Å². The third-order valence-corrected chi connectivity index (χ3v) is 1.95. The van der Waals surface area contributed by atoms with Crippen LogP contribution in [-0.4, -0.2) is 29.3 Å².